The quantitative estimate of drug-likeness (QED) is 0.778. The number of anilines is 1. The number of hydrogen-bond donors (Lipinski definition) is 1. The van der Waals surface area contributed by atoms with Crippen LogP contribution in [-0.2, 0) is 0 Å². The van der Waals surface area contributed by atoms with Gasteiger partial charge in [0.2, 0.25) is 0 Å². The highest BCUT2D eigenvalue weighted by Gasteiger charge is 2.12. The van der Waals surface area contributed by atoms with Crippen LogP contribution in [0.5, 0.6) is 0 Å². The third-order valence-electron chi connectivity index (χ3n) is 3.65. The zero-order valence-electron chi connectivity index (χ0n) is 12.9. The van der Waals surface area contributed by atoms with Gasteiger partial charge in [0.05, 0.1) is 28.4 Å². The smallest absolute Gasteiger partial charge is 0.257 e. The van der Waals surface area contributed by atoms with E-state index in [0.29, 0.717) is 22.5 Å². The predicted molar refractivity (Wildman–Crippen MR) is 90.3 cm³/mol. The van der Waals surface area contributed by atoms with E-state index in [-0.39, 0.29) is 5.91 Å². The van der Waals surface area contributed by atoms with Gasteiger partial charge < -0.3 is 5.32 Å². The number of amides is 1. The number of nitrogens with zero attached hydrogens (tertiary/aromatic N) is 2. The Morgan fingerprint density at radius 1 is 1.13 bits per heavy atom. The normalized spacial score (nSPS) is 10.3. The van der Waals surface area contributed by atoms with Gasteiger partial charge in [-0.3, -0.25) is 9.78 Å². The SMILES string of the molecule is Cc1ccc2nc(C)c(C(=O)Nc3cccc(C#N)c3)cc2c1. The first-order chi connectivity index (χ1) is 11.1. The number of pyridine rings is 1. The Labute approximate surface area is 134 Å². The van der Waals surface area contributed by atoms with Crippen LogP contribution in [0.3, 0.4) is 0 Å². The Morgan fingerprint density at radius 3 is 2.74 bits per heavy atom. The van der Waals surface area contributed by atoms with Crippen molar-refractivity contribution in [3.63, 3.8) is 0 Å². The molecule has 1 aromatic heterocycles. The fourth-order valence-corrected chi connectivity index (χ4v) is 2.49. The summed E-state index contributed by atoms with van der Waals surface area (Å²) >= 11 is 0. The van der Waals surface area contributed by atoms with Crippen LogP contribution in [0.2, 0.25) is 0 Å². The second-order valence-corrected chi connectivity index (χ2v) is 5.46. The molecule has 23 heavy (non-hydrogen) atoms. The van der Waals surface area contributed by atoms with Crippen LogP contribution in [0, 0.1) is 25.2 Å². The number of hydrogen-bond acceptors (Lipinski definition) is 3. The van der Waals surface area contributed by atoms with Crippen LogP contribution in [-0.4, -0.2) is 10.9 Å². The summed E-state index contributed by atoms with van der Waals surface area (Å²) in [6.07, 6.45) is 0. The number of aromatic nitrogens is 1. The molecule has 3 rings (SSSR count). The summed E-state index contributed by atoms with van der Waals surface area (Å²) in [5, 5.41) is 12.7. The van der Waals surface area contributed by atoms with Crippen LogP contribution in [0.4, 0.5) is 5.69 Å². The van der Waals surface area contributed by atoms with Crippen molar-refractivity contribution in [1.82, 2.24) is 4.98 Å². The molecule has 0 atom stereocenters. The van der Waals surface area contributed by atoms with Crippen molar-refractivity contribution in [1.29, 1.82) is 5.26 Å². The van der Waals surface area contributed by atoms with Crippen molar-refractivity contribution in [3.8, 4) is 6.07 Å². The molecule has 0 unspecified atom stereocenters. The summed E-state index contributed by atoms with van der Waals surface area (Å²) in [6, 6.07) is 16.7. The number of nitrogens with one attached hydrogen (secondary N) is 1. The maximum absolute atomic E-state index is 12.5. The average Bonchev–Trinajstić information content (AvgIpc) is 2.54. The highest BCUT2D eigenvalue weighted by Crippen LogP contribution is 2.19. The van der Waals surface area contributed by atoms with E-state index in [2.05, 4.69) is 16.4 Å². The molecule has 112 valence electrons. The topological polar surface area (TPSA) is 65.8 Å². The van der Waals surface area contributed by atoms with Gasteiger partial charge in [0, 0.05) is 11.1 Å². The van der Waals surface area contributed by atoms with Crippen LogP contribution in [0.25, 0.3) is 10.9 Å². The molecule has 4 nitrogen and oxygen atoms in total. The third kappa shape index (κ3) is 3.04. The van der Waals surface area contributed by atoms with E-state index in [0.717, 1.165) is 16.5 Å². The van der Waals surface area contributed by atoms with E-state index < -0.39 is 0 Å². The Kier molecular flexibility index (Phi) is 3.78. The summed E-state index contributed by atoms with van der Waals surface area (Å²) in [6.45, 7) is 3.83. The lowest BCUT2D eigenvalue weighted by molar-refractivity contribution is 0.102. The standard InChI is InChI=1S/C19H15N3O/c1-12-6-7-18-15(8-12)10-17(13(2)21-18)19(23)22-16-5-3-4-14(9-16)11-20/h3-10H,1-2H3,(H,22,23). The van der Waals surface area contributed by atoms with Gasteiger partial charge in [-0.25, -0.2) is 0 Å². The van der Waals surface area contributed by atoms with Crippen LogP contribution < -0.4 is 5.32 Å². The first kappa shape index (κ1) is 14.7. The van der Waals surface area contributed by atoms with Gasteiger partial charge in [0.1, 0.15) is 0 Å². The van der Waals surface area contributed by atoms with Crippen LogP contribution >= 0.6 is 0 Å². The van der Waals surface area contributed by atoms with Crippen LogP contribution in [0.1, 0.15) is 27.2 Å². The molecule has 1 amide bonds. The first-order valence-corrected chi connectivity index (χ1v) is 7.26. The Morgan fingerprint density at radius 2 is 1.96 bits per heavy atom. The second-order valence-electron chi connectivity index (χ2n) is 5.46. The maximum atomic E-state index is 12.5. The van der Waals surface area contributed by atoms with Gasteiger partial charge in [-0.2, -0.15) is 5.26 Å². The number of fused-ring (bicyclic) bond motifs is 1. The zero-order valence-corrected chi connectivity index (χ0v) is 12.9. The average molecular weight is 301 g/mol. The predicted octanol–water partition coefficient (Wildman–Crippen LogP) is 3.98. The summed E-state index contributed by atoms with van der Waals surface area (Å²) in [5.41, 5.74) is 4.30. The van der Waals surface area contributed by atoms with Crippen LogP contribution in [0.15, 0.2) is 48.5 Å². The van der Waals surface area contributed by atoms with E-state index in [1.54, 1.807) is 24.3 Å². The van der Waals surface area contributed by atoms with E-state index in [1.165, 1.54) is 0 Å². The third-order valence-corrected chi connectivity index (χ3v) is 3.65. The summed E-state index contributed by atoms with van der Waals surface area (Å²) in [4.78, 5) is 17.0. The zero-order chi connectivity index (χ0) is 16.4. The highest BCUT2D eigenvalue weighted by molar-refractivity contribution is 6.06. The summed E-state index contributed by atoms with van der Waals surface area (Å²) < 4.78 is 0. The molecule has 0 saturated carbocycles. The fraction of sp³-hybridized carbons (Fsp3) is 0.105. The monoisotopic (exact) mass is 301 g/mol. The summed E-state index contributed by atoms with van der Waals surface area (Å²) in [5.74, 6) is -0.228. The lowest BCUT2D eigenvalue weighted by Crippen LogP contribution is -2.14. The molecular weight excluding hydrogens is 286 g/mol. The molecule has 2 aromatic carbocycles. The van der Waals surface area contributed by atoms with Crippen molar-refractivity contribution < 1.29 is 4.79 Å². The molecule has 4 heteroatoms. The molecule has 1 heterocycles. The number of nitriles is 1. The van der Waals surface area contributed by atoms with Crippen molar-refractivity contribution in [2.24, 2.45) is 0 Å². The van der Waals surface area contributed by atoms with E-state index in [1.807, 2.05) is 38.1 Å². The molecule has 0 radical (unpaired) electrons. The fourth-order valence-electron chi connectivity index (χ4n) is 2.49. The number of carbonyl (C=O) groups is 1. The Hall–Kier alpha value is -3.19. The number of carbonyl (C=O) groups excluding carboxylic acids is 1. The molecule has 0 aliphatic carbocycles. The minimum atomic E-state index is -0.228. The molecule has 0 aliphatic heterocycles. The van der Waals surface area contributed by atoms with Crippen molar-refractivity contribution in [3.05, 3.63) is 70.9 Å². The molecule has 0 saturated heterocycles. The lowest BCUT2D eigenvalue weighted by Gasteiger charge is -2.09. The molecule has 1 N–H and O–H groups in total. The Balaban J connectivity index is 1.97. The Bertz CT molecular complexity index is 954. The van der Waals surface area contributed by atoms with Crippen molar-refractivity contribution in [2.75, 3.05) is 5.32 Å². The largest absolute Gasteiger partial charge is 0.322 e. The molecule has 0 aliphatic rings. The molecule has 0 bridgehead atoms. The van der Waals surface area contributed by atoms with E-state index in [4.69, 9.17) is 5.26 Å². The molecule has 3 aromatic rings. The van der Waals surface area contributed by atoms with Crippen molar-refractivity contribution in [2.45, 2.75) is 13.8 Å². The number of aryl methyl sites for hydroxylation is 2. The molecule has 0 fully saturated rings. The van der Waals surface area contributed by atoms with Gasteiger partial charge >= 0.3 is 0 Å². The minimum Gasteiger partial charge on any atom is -0.322 e. The number of benzene rings is 2. The van der Waals surface area contributed by atoms with Gasteiger partial charge in [0.25, 0.3) is 5.91 Å². The molecule has 0 spiro atoms. The first-order valence-electron chi connectivity index (χ1n) is 7.26. The van der Waals surface area contributed by atoms with E-state index in [9.17, 15) is 4.79 Å². The second kappa shape index (κ2) is 5.90. The van der Waals surface area contributed by atoms with E-state index >= 15 is 0 Å². The number of rotatable bonds is 2. The van der Waals surface area contributed by atoms with Gasteiger partial charge in [0.15, 0.2) is 0 Å². The van der Waals surface area contributed by atoms with Crippen molar-refractivity contribution >= 4 is 22.5 Å². The summed E-state index contributed by atoms with van der Waals surface area (Å²) in [7, 11) is 0. The van der Waals surface area contributed by atoms with Gasteiger partial charge in [-0.05, 0) is 50.2 Å². The minimum absolute atomic E-state index is 0.228. The van der Waals surface area contributed by atoms with Gasteiger partial charge in [-0.15, -0.1) is 0 Å². The highest BCUT2D eigenvalue weighted by atomic mass is 16.1. The lowest BCUT2D eigenvalue weighted by atomic mass is 10.1. The van der Waals surface area contributed by atoms with Gasteiger partial charge in [-0.1, -0.05) is 17.7 Å². The maximum Gasteiger partial charge on any atom is 0.257 e. The molecular formula is C19H15N3O.